The number of fused-ring (bicyclic) bond motifs is 8. The number of rotatable bonds is 23. The van der Waals surface area contributed by atoms with Crippen LogP contribution in [-0.2, 0) is 22.6 Å². The van der Waals surface area contributed by atoms with E-state index < -0.39 is 0 Å². The molecule has 2 saturated heterocycles. The fourth-order valence-electron chi connectivity index (χ4n) is 18.1. The molecule has 706 valence electrons. The lowest BCUT2D eigenvalue weighted by Crippen LogP contribution is -2.28. The summed E-state index contributed by atoms with van der Waals surface area (Å²) in [4.78, 5) is 120. The van der Waals surface area contributed by atoms with E-state index in [4.69, 9.17) is 42.1 Å². The molecule has 0 amide bonds. The summed E-state index contributed by atoms with van der Waals surface area (Å²) in [6.07, 6.45) is 29.3. The molecule has 0 radical (unpaired) electrons. The highest BCUT2D eigenvalue weighted by atomic mass is 35.5. The van der Waals surface area contributed by atoms with Crippen LogP contribution in [-0.4, -0.2) is 140 Å². The molecule has 0 spiro atoms. The summed E-state index contributed by atoms with van der Waals surface area (Å²) in [5, 5.41) is 20.9. The molecule has 6 atom stereocenters. The molecular weight excluding hydrogens is 1820 g/mol. The highest BCUT2D eigenvalue weighted by Gasteiger charge is 2.28. The Hall–Kier alpha value is -16.7. The summed E-state index contributed by atoms with van der Waals surface area (Å²) in [5.74, 6) is 4.02. The third kappa shape index (κ3) is 19.5. The quantitative estimate of drug-likeness (QED) is 0.0292. The van der Waals surface area contributed by atoms with Gasteiger partial charge < -0.3 is 64.3 Å². The van der Waals surface area contributed by atoms with Crippen molar-refractivity contribution in [1.82, 2.24) is 113 Å². The SMILES string of the molecule is COc1ccc(Cn2c([C@H](C)Nc3ncnc4c3ncn4C3CCCCO3)cc3cccc(-c4cccnc4)c3c2=O)cc1.COc1ccc(Cn2c([C@H](C)Nc3ncnc4c3ncn4C3CCCCO3)cc3cccc(Cl)c3c2=O)cc1.C[C@H](Nc1ncnc2nc[nH]c12)c1cc2cccc(-c3cccnc3)c2c(=O)[nH]1.C[C@H](Nc1ncnc2nc[nH]c12)c1cc2cccc(-c3cccnc3)c2c(Cl)n1. The molecule has 17 heterocycles. The molecule has 0 aliphatic carbocycles. The van der Waals surface area contributed by atoms with Crippen molar-refractivity contribution in [2.45, 2.75) is 116 Å². The van der Waals surface area contributed by atoms with Crippen LogP contribution in [0.2, 0.25) is 10.2 Å². The number of aromatic nitrogens is 23. The number of methoxy groups -OCH3 is 2. The van der Waals surface area contributed by atoms with Crippen LogP contribution in [0.15, 0.2) is 284 Å². The Bertz CT molecular complexity index is 8290. The van der Waals surface area contributed by atoms with Crippen LogP contribution >= 0.6 is 23.2 Å². The largest absolute Gasteiger partial charge is 0.497 e. The predicted octanol–water partition coefficient (Wildman–Crippen LogP) is 20.1. The molecule has 0 saturated carbocycles. The third-order valence-electron chi connectivity index (χ3n) is 25.2. The highest BCUT2D eigenvalue weighted by molar-refractivity contribution is 6.36. The number of pyridine rings is 7. The first-order valence-electron chi connectivity index (χ1n) is 46.2. The van der Waals surface area contributed by atoms with Gasteiger partial charge in [0, 0.05) is 89.6 Å². The molecule has 36 heteroatoms. The summed E-state index contributed by atoms with van der Waals surface area (Å²) in [6.45, 7) is 10.2. The van der Waals surface area contributed by atoms with E-state index in [-0.39, 0.29) is 53.3 Å². The Kier molecular flexibility index (Phi) is 27.0. The fourth-order valence-corrected chi connectivity index (χ4v) is 18.7. The second-order valence-corrected chi connectivity index (χ2v) is 35.0. The van der Waals surface area contributed by atoms with Gasteiger partial charge in [-0.15, -0.1) is 0 Å². The number of nitrogens with one attached hydrogen (secondary N) is 7. The number of benzene rings is 6. The number of aromatic amines is 3. The number of ether oxygens (including phenoxy) is 4. The Morgan fingerprint density at radius 2 is 0.865 bits per heavy atom. The number of hydrogen-bond acceptors (Lipinski definition) is 27. The lowest BCUT2D eigenvalue weighted by atomic mass is 9.99. The zero-order valence-electron chi connectivity index (χ0n) is 77.5. The first-order chi connectivity index (χ1) is 69.0. The summed E-state index contributed by atoms with van der Waals surface area (Å²) in [7, 11) is 3.27. The monoisotopic (exact) mass is 1920 g/mol. The molecule has 2 fully saturated rings. The minimum atomic E-state index is -0.290. The van der Waals surface area contributed by atoms with Crippen LogP contribution in [0.3, 0.4) is 0 Å². The van der Waals surface area contributed by atoms with Crippen LogP contribution in [0.4, 0.5) is 23.3 Å². The first kappa shape index (κ1) is 92.0. The van der Waals surface area contributed by atoms with Crippen LogP contribution in [0.1, 0.15) is 137 Å². The molecule has 21 aromatic rings. The van der Waals surface area contributed by atoms with Gasteiger partial charge in [-0.2, -0.15) is 0 Å². The van der Waals surface area contributed by atoms with Gasteiger partial charge in [0.25, 0.3) is 16.7 Å². The Morgan fingerprint density at radius 1 is 0.433 bits per heavy atom. The van der Waals surface area contributed by atoms with Crippen molar-refractivity contribution in [3.8, 4) is 44.9 Å². The van der Waals surface area contributed by atoms with Gasteiger partial charge in [0.2, 0.25) is 0 Å². The van der Waals surface area contributed by atoms with Gasteiger partial charge in [-0.25, -0.2) is 64.8 Å². The molecule has 23 rings (SSSR count). The van der Waals surface area contributed by atoms with Gasteiger partial charge in [0.15, 0.2) is 56.9 Å². The van der Waals surface area contributed by atoms with Crippen molar-refractivity contribution in [2.75, 3.05) is 48.7 Å². The molecule has 15 aromatic heterocycles. The van der Waals surface area contributed by atoms with E-state index >= 15 is 0 Å². The van der Waals surface area contributed by atoms with Gasteiger partial charge in [0.1, 0.15) is 65.5 Å². The Labute approximate surface area is 815 Å². The predicted molar refractivity (Wildman–Crippen MR) is 546 cm³/mol. The molecule has 141 heavy (non-hydrogen) atoms. The molecule has 2 aliphatic rings. The zero-order valence-corrected chi connectivity index (χ0v) is 79.0. The minimum Gasteiger partial charge on any atom is -0.497 e. The van der Waals surface area contributed by atoms with Crippen molar-refractivity contribution in [1.29, 1.82) is 0 Å². The molecule has 2 unspecified atom stereocenters. The average molecular weight is 1920 g/mol. The maximum Gasteiger partial charge on any atom is 0.260 e. The van der Waals surface area contributed by atoms with Crippen molar-refractivity contribution in [3.05, 3.63) is 345 Å². The van der Waals surface area contributed by atoms with Crippen LogP contribution in [0.25, 0.3) is 121 Å². The number of halogens is 2. The van der Waals surface area contributed by atoms with Gasteiger partial charge in [-0.1, -0.05) is 132 Å². The Morgan fingerprint density at radius 3 is 1.34 bits per heavy atom. The zero-order chi connectivity index (χ0) is 96.6. The minimum absolute atomic E-state index is 0.0759. The van der Waals surface area contributed by atoms with E-state index in [2.05, 4.69) is 122 Å². The lowest BCUT2D eigenvalue weighted by molar-refractivity contribution is -0.0299. The second-order valence-electron chi connectivity index (χ2n) is 34.2. The normalized spacial score (nSPS) is 14.6. The smallest absolute Gasteiger partial charge is 0.260 e. The maximum absolute atomic E-state index is 14.5. The topological polar surface area (TPSA) is 410 Å². The van der Waals surface area contributed by atoms with Gasteiger partial charge in [-0.05, 0) is 188 Å². The summed E-state index contributed by atoms with van der Waals surface area (Å²) in [5.41, 5.74) is 15.7. The van der Waals surface area contributed by atoms with E-state index in [1.165, 1.54) is 19.0 Å². The number of hydrogen-bond donors (Lipinski definition) is 7. The number of anilines is 4. The maximum atomic E-state index is 14.5. The number of nitrogens with zero attached hydrogens (tertiary/aromatic N) is 20. The van der Waals surface area contributed by atoms with Crippen LogP contribution in [0, 0.1) is 0 Å². The summed E-state index contributed by atoms with van der Waals surface area (Å²) >= 11 is 13.1. The van der Waals surface area contributed by atoms with Crippen molar-refractivity contribution < 1.29 is 18.9 Å². The lowest BCUT2D eigenvalue weighted by Gasteiger charge is -2.24. The van der Waals surface area contributed by atoms with E-state index in [0.29, 0.717) is 90.7 Å². The summed E-state index contributed by atoms with van der Waals surface area (Å²) < 4.78 is 30.2. The third-order valence-corrected chi connectivity index (χ3v) is 25.8. The number of imidazole rings is 4. The molecule has 6 aromatic carbocycles. The molecule has 0 bridgehead atoms. The standard InChI is InChI=1S/C34H33N7O3.C29H29ClN6O3.C21H16ClN7.C21H17N7O/c1-22(39-32-31-33(37-20-36-32)41(21-38-31)29-10-3-4-16-44-29)28-17-24-7-5-9-27(25-8-6-15-35-18-25)30(24)34(42)40(28)19-23-11-13-26(43-2)14-12-23;1-18(34-27-26-28(32-16-31-27)36(17-33-26)24-8-3-4-13-39-24)23-14-20-6-5-7-22(30)25(20)29(37)35(23)15-19-9-11-21(38-2)12-10-19;1-12(28-21-18-20(25-10-24-18)26-11-27-21)16-8-13-4-2-6-15(17(13)19(22)29-16)14-5-3-7-23-9-14;1-12(27-20-18-19(24-10-23-18)25-11-26-20)16-8-13-4-2-6-15(17(13)21(29)28-16)14-5-3-7-22-9-14/h5-9,11-15,17-18,20-22,29H,3-4,10,16,19H2,1-2H3,(H,36,37,39);5-7,9-12,14,16-18,24H,3-4,8,13,15H2,1-2H3,(H,31,32,34);2-12H,1H3,(H2,24,25,26,27,28);2-12H,1H3,(H,28,29)(H2,23,24,25,26,27)/t22-,29?;18-,24?;2*12-/m0000/s1. The van der Waals surface area contributed by atoms with E-state index in [9.17, 15) is 14.4 Å². The molecule has 2 aliphatic heterocycles. The van der Waals surface area contributed by atoms with E-state index in [1.807, 2.05) is 217 Å². The highest BCUT2D eigenvalue weighted by Crippen LogP contribution is 2.39. The van der Waals surface area contributed by atoms with Crippen molar-refractivity contribution in [2.24, 2.45) is 0 Å². The van der Waals surface area contributed by atoms with E-state index in [1.54, 1.807) is 87.5 Å². The van der Waals surface area contributed by atoms with Crippen LogP contribution in [0.5, 0.6) is 11.5 Å². The van der Waals surface area contributed by atoms with Crippen molar-refractivity contribution in [3.63, 3.8) is 0 Å². The van der Waals surface area contributed by atoms with E-state index in [0.717, 1.165) is 174 Å². The fraction of sp³-hybridized carbons (Fsp3) is 0.210. The van der Waals surface area contributed by atoms with Crippen LogP contribution < -0.4 is 47.4 Å². The summed E-state index contributed by atoms with van der Waals surface area (Å²) in [6, 6.07) is 57.7. The van der Waals surface area contributed by atoms with Gasteiger partial charge in [0.05, 0.1) is 104 Å². The first-order valence-corrected chi connectivity index (χ1v) is 46.9. The van der Waals surface area contributed by atoms with Gasteiger partial charge >= 0.3 is 0 Å². The second kappa shape index (κ2) is 41.3. The van der Waals surface area contributed by atoms with Crippen molar-refractivity contribution >= 4 is 134 Å². The molecule has 7 N–H and O–H groups in total. The average Bonchev–Trinajstić information content (AvgIpc) is 1.54. The van der Waals surface area contributed by atoms with Gasteiger partial charge in [-0.3, -0.25) is 38.5 Å². The Balaban J connectivity index is 0.000000117. The number of H-pyrrole nitrogens is 3. The molecule has 34 nitrogen and oxygen atoms in total. The molecular formula is C105H95Cl2N27O7.